The quantitative estimate of drug-likeness (QED) is 0.792. The number of rotatable bonds is 3. The number of halogens is 2. The molecule has 0 heterocycles. The molecule has 0 radical (unpaired) electrons. The van der Waals surface area contributed by atoms with E-state index in [0.717, 1.165) is 0 Å². The van der Waals surface area contributed by atoms with Crippen molar-refractivity contribution in [2.45, 2.75) is 13.0 Å². The number of aliphatic hydroxyl groups is 1. The van der Waals surface area contributed by atoms with Crippen LogP contribution >= 0.6 is 23.2 Å². The van der Waals surface area contributed by atoms with Gasteiger partial charge in [0.15, 0.2) is 0 Å². The third-order valence-electron chi connectivity index (χ3n) is 1.64. The Bertz CT molecular complexity index is 331. The lowest BCUT2D eigenvalue weighted by atomic mass is 10.3. The summed E-state index contributed by atoms with van der Waals surface area (Å²) in [5.41, 5.74) is 5.97. The smallest absolute Gasteiger partial charge is 0.140 e. The first kappa shape index (κ1) is 11.4. The summed E-state index contributed by atoms with van der Waals surface area (Å²) in [6.07, 6.45) is -0.326. The van der Waals surface area contributed by atoms with Gasteiger partial charge in [0.1, 0.15) is 11.9 Å². The minimum atomic E-state index is -0.326. The minimum absolute atomic E-state index is 0.0845. The highest BCUT2D eigenvalue weighted by Crippen LogP contribution is 2.32. The van der Waals surface area contributed by atoms with Gasteiger partial charge in [-0.05, 0) is 13.0 Å². The van der Waals surface area contributed by atoms with Crippen molar-refractivity contribution >= 4 is 28.9 Å². The highest BCUT2D eigenvalue weighted by molar-refractivity contribution is 6.37. The van der Waals surface area contributed by atoms with E-state index in [1.807, 2.05) is 0 Å². The lowest BCUT2D eigenvalue weighted by molar-refractivity contribution is 0.130. The monoisotopic (exact) mass is 235 g/mol. The van der Waals surface area contributed by atoms with Crippen molar-refractivity contribution in [3.8, 4) is 5.75 Å². The van der Waals surface area contributed by atoms with Crippen molar-refractivity contribution in [2.75, 3.05) is 12.3 Å². The van der Waals surface area contributed by atoms with Crippen LogP contribution in [0.4, 0.5) is 5.69 Å². The molecule has 0 saturated carbocycles. The average molecular weight is 236 g/mol. The summed E-state index contributed by atoms with van der Waals surface area (Å²) in [6.45, 7) is 1.64. The van der Waals surface area contributed by atoms with Gasteiger partial charge in [-0.3, -0.25) is 0 Å². The molecule has 0 aliphatic rings. The summed E-state index contributed by atoms with van der Waals surface area (Å²) in [7, 11) is 0. The maximum Gasteiger partial charge on any atom is 0.140 e. The second kappa shape index (κ2) is 4.73. The van der Waals surface area contributed by atoms with Gasteiger partial charge in [-0.1, -0.05) is 23.2 Å². The SMILES string of the molecule is CC(CO)Oc1cc(N)c(Cl)cc1Cl. The zero-order valence-corrected chi connectivity index (χ0v) is 9.14. The van der Waals surface area contributed by atoms with Gasteiger partial charge in [-0.15, -0.1) is 0 Å². The van der Waals surface area contributed by atoms with Crippen LogP contribution in [0, 0.1) is 0 Å². The normalized spacial score (nSPS) is 12.6. The lowest BCUT2D eigenvalue weighted by Crippen LogP contribution is -2.16. The predicted octanol–water partition coefficient (Wildman–Crippen LogP) is 2.34. The number of hydrogen-bond acceptors (Lipinski definition) is 3. The van der Waals surface area contributed by atoms with Gasteiger partial charge >= 0.3 is 0 Å². The molecule has 0 saturated heterocycles. The van der Waals surface area contributed by atoms with Gasteiger partial charge in [0.05, 0.1) is 22.3 Å². The van der Waals surface area contributed by atoms with Gasteiger partial charge in [0, 0.05) is 6.07 Å². The van der Waals surface area contributed by atoms with Crippen LogP contribution in [0.5, 0.6) is 5.75 Å². The van der Waals surface area contributed by atoms with Crippen molar-refractivity contribution in [2.24, 2.45) is 0 Å². The summed E-state index contributed by atoms with van der Waals surface area (Å²) in [6, 6.07) is 3.05. The maximum atomic E-state index is 8.79. The highest BCUT2D eigenvalue weighted by atomic mass is 35.5. The Hall–Kier alpha value is -0.640. The number of benzene rings is 1. The highest BCUT2D eigenvalue weighted by Gasteiger charge is 2.09. The fourth-order valence-electron chi connectivity index (χ4n) is 0.889. The molecule has 0 aliphatic carbocycles. The van der Waals surface area contributed by atoms with Crippen molar-refractivity contribution < 1.29 is 9.84 Å². The van der Waals surface area contributed by atoms with E-state index in [4.69, 9.17) is 38.8 Å². The molecule has 78 valence electrons. The molecule has 0 aromatic heterocycles. The molecule has 0 spiro atoms. The Morgan fingerprint density at radius 1 is 1.43 bits per heavy atom. The van der Waals surface area contributed by atoms with Gasteiger partial charge in [0.25, 0.3) is 0 Å². The van der Waals surface area contributed by atoms with Gasteiger partial charge in [-0.25, -0.2) is 0 Å². The second-order valence-electron chi connectivity index (χ2n) is 2.92. The van der Waals surface area contributed by atoms with Crippen LogP contribution in [0.3, 0.4) is 0 Å². The van der Waals surface area contributed by atoms with Crippen LogP contribution in [0.15, 0.2) is 12.1 Å². The molecule has 1 aromatic carbocycles. The predicted molar refractivity (Wildman–Crippen MR) is 58.1 cm³/mol. The van der Waals surface area contributed by atoms with Crippen molar-refractivity contribution in [3.63, 3.8) is 0 Å². The van der Waals surface area contributed by atoms with Gasteiger partial charge in [0.2, 0.25) is 0 Å². The minimum Gasteiger partial charge on any atom is -0.487 e. The topological polar surface area (TPSA) is 55.5 Å². The molecule has 3 nitrogen and oxygen atoms in total. The molecule has 0 aliphatic heterocycles. The summed E-state index contributed by atoms with van der Waals surface area (Å²) in [5.74, 6) is 0.426. The zero-order valence-electron chi connectivity index (χ0n) is 7.63. The van der Waals surface area contributed by atoms with E-state index in [1.54, 1.807) is 6.92 Å². The Morgan fingerprint density at radius 2 is 2.07 bits per heavy atom. The van der Waals surface area contributed by atoms with Crippen molar-refractivity contribution in [1.29, 1.82) is 0 Å². The molecule has 5 heteroatoms. The van der Waals surface area contributed by atoms with Crippen LogP contribution in [0.25, 0.3) is 0 Å². The molecule has 1 unspecified atom stereocenters. The zero-order chi connectivity index (χ0) is 10.7. The number of ether oxygens (including phenoxy) is 1. The fraction of sp³-hybridized carbons (Fsp3) is 0.333. The Balaban J connectivity index is 2.92. The van der Waals surface area contributed by atoms with E-state index >= 15 is 0 Å². The lowest BCUT2D eigenvalue weighted by Gasteiger charge is -2.14. The molecule has 14 heavy (non-hydrogen) atoms. The average Bonchev–Trinajstić information content (AvgIpc) is 2.14. The van der Waals surface area contributed by atoms with E-state index in [-0.39, 0.29) is 12.7 Å². The summed E-state index contributed by atoms with van der Waals surface area (Å²) < 4.78 is 5.31. The Labute approximate surface area is 92.4 Å². The number of hydrogen-bond donors (Lipinski definition) is 2. The van der Waals surface area contributed by atoms with E-state index in [1.165, 1.54) is 12.1 Å². The molecule has 0 bridgehead atoms. The van der Waals surface area contributed by atoms with E-state index in [0.29, 0.717) is 21.5 Å². The molecule has 0 fully saturated rings. The second-order valence-corrected chi connectivity index (χ2v) is 3.73. The first-order chi connectivity index (χ1) is 6.54. The Kier molecular flexibility index (Phi) is 3.86. The first-order valence-corrected chi connectivity index (χ1v) is 4.82. The van der Waals surface area contributed by atoms with Crippen LogP contribution in [0.2, 0.25) is 10.0 Å². The van der Waals surface area contributed by atoms with E-state index in [2.05, 4.69) is 0 Å². The Morgan fingerprint density at radius 3 is 2.64 bits per heavy atom. The molecule has 1 aromatic rings. The molecule has 1 rings (SSSR count). The molecular formula is C9H11Cl2NO2. The van der Waals surface area contributed by atoms with Crippen LogP contribution < -0.4 is 10.5 Å². The van der Waals surface area contributed by atoms with E-state index < -0.39 is 0 Å². The largest absolute Gasteiger partial charge is 0.487 e. The van der Waals surface area contributed by atoms with Crippen LogP contribution in [0.1, 0.15) is 6.92 Å². The number of nitrogen functional groups attached to an aromatic ring is 1. The molecular weight excluding hydrogens is 225 g/mol. The standard InChI is InChI=1S/C9H11Cl2NO2/c1-5(4-13)14-9-3-8(12)6(10)2-7(9)11/h2-3,5,13H,4,12H2,1H3. The van der Waals surface area contributed by atoms with E-state index in [9.17, 15) is 0 Å². The number of aliphatic hydroxyl groups excluding tert-OH is 1. The third-order valence-corrected chi connectivity index (χ3v) is 2.26. The molecule has 1 atom stereocenters. The summed E-state index contributed by atoms with van der Waals surface area (Å²) in [4.78, 5) is 0. The maximum absolute atomic E-state index is 8.79. The van der Waals surface area contributed by atoms with Crippen molar-refractivity contribution in [1.82, 2.24) is 0 Å². The summed E-state index contributed by atoms with van der Waals surface area (Å²) in [5, 5.41) is 9.55. The van der Waals surface area contributed by atoms with Crippen LogP contribution in [-0.4, -0.2) is 17.8 Å². The molecule has 0 amide bonds. The molecule has 3 N–H and O–H groups in total. The summed E-state index contributed by atoms with van der Waals surface area (Å²) >= 11 is 11.6. The number of nitrogens with two attached hydrogens (primary N) is 1. The van der Waals surface area contributed by atoms with Gasteiger partial charge < -0.3 is 15.6 Å². The number of anilines is 1. The van der Waals surface area contributed by atoms with Gasteiger partial charge in [-0.2, -0.15) is 0 Å². The van der Waals surface area contributed by atoms with Crippen LogP contribution in [-0.2, 0) is 0 Å². The first-order valence-electron chi connectivity index (χ1n) is 4.06. The third kappa shape index (κ3) is 2.67. The van der Waals surface area contributed by atoms with Crippen molar-refractivity contribution in [3.05, 3.63) is 22.2 Å². The fourth-order valence-corrected chi connectivity index (χ4v) is 1.32.